The molecule has 5 rings (SSSR count). The van der Waals surface area contributed by atoms with Crippen molar-refractivity contribution in [3.05, 3.63) is 45.9 Å². The van der Waals surface area contributed by atoms with Crippen molar-refractivity contribution in [3.8, 4) is 11.1 Å². The Morgan fingerprint density at radius 2 is 1.57 bits per heavy atom. The van der Waals surface area contributed by atoms with Gasteiger partial charge < -0.3 is 14.7 Å². The third-order valence-electron chi connectivity index (χ3n) is 9.56. The van der Waals surface area contributed by atoms with Crippen molar-refractivity contribution in [1.82, 2.24) is 15.2 Å². The predicted octanol–water partition coefficient (Wildman–Crippen LogP) is 8.35. The Kier molecular flexibility index (Phi) is 9.31. The molecule has 1 aromatic heterocycles. The lowest BCUT2D eigenvalue weighted by Gasteiger charge is -2.47. The molecular formula is C32H44Cl2N4O3Si. The standard InChI is InChI=1S/C32H44Cl2N4O3Si/c1-19(2)42(20(3)4,21(5)6)41-25-10-12-37(13-11-25)38-14-9-23(32(38)39)15-27-28(33)16-24(17-29(27)34)22-7-8-26-30(18-22)40-36-31(26)35/h7-8,16-21,23,25H,9-15H2,1-6H3,(H2,35,36). The van der Waals surface area contributed by atoms with E-state index in [4.69, 9.17) is 37.9 Å². The van der Waals surface area contributed by atoms with Gasteiger partial charge in [-0.15, -0.1) is 0 Å². The van der Waals surface area contributed by atoms with Crippen molar-refractivity contribution in [2.45, 2.75) is 90.0 Å². The van der Waals surface area contributed by atoms with Gasteiger partial charge in [0.25, 0.3) is 0 Å². The van der Waals surface area contributed by atoms with Crippen LogP contribution in [-0.2, 0) is 15.6 Å². The number of rotatable bonds is 9. The number of amides is 1. The van der Waals surface area contributed by atoms with Crippen LogP contribution in [0.2, 0.25) is 26.7 Å². The summed E-state index contributed by atoms with van der Waals surface area (Å²) in [5.41, 5.74) is 10.8. The largest absolute Gasteiger partial charge is 0.413 e. The molecule has 1 amide bonds. The molecule has 0 aliphatic carbocycles. The molecule has 7 nitrogen and oxygen atoms in total. The van der Waals surface area contributed by atoms with Crippen molar-refractivity contribution < 1.29 is 13.7 Å². The molecule has 2 aromatic carbocycles. The van der Waals surface area contributed by atoms with E-state index in [9.17, 15) is 4.79 Å². The number of nitrogens with zero attached hydrogens (tertiary/aromatic N) is 3. The fourth-order valence-corrected chi connectivity index (χ4v) is 13.7. The Balaban J connectivity index is 1.22. The van der Waals surface area contributed by atoms with Gasteiger partial charge in [0.05, 0.1) is 5.39 Å². The monoisotopic (exact) mass is 630 g/mol. The molecular weight excluding hydrogens is 587 g/mol. The number of anilines is 1. The number of nitrogen functional groups attached to an aromatic ring is 1. The molecule has 3 heterocycles. The quantitative estimate of drug-likeness (QED) is 0.239. The van der Waals surface area contributed by atoms with Gasteiger partial charge in [-0.2, -0.15) is 0 Å². The molecule has 10 heteroatoms. The lowest BCUT2D eigenvalue weighted by Crippen LogP contribution is -2.54. The van der Waals surface area contributed by atoms with E-state index in [0.717, 1.165) is 61.0 Å². The zero-order valence-corrected chi connectivity index (χ0v) is 28.1. The number of aromatic nitrogens is 1. The third-order valence-corrected chi connectivity index (χ3v) is 16.4. The zero-order chi connectivity index (χ0) is 30.3. The summed E-state index contributed by atoms with van der Waals surface area (Å²) in [6.45, 7) is 16.4. The van der Waals surface area contributed by atoms with Crippen LogP contribution >= 0.6 is 23.2 Å². The maximum Gasteiger partial charge on any atom is 0.240 e. The van der Waals surface area contributed by atoms with Gasteiger partial charge in [0, 0.05) is 41.7 Å². The summed E-state index contributed by atoms with van der Waals surface area (Å²) in [5, 5.41) is 9.93. The highest BCUT2D eigenvalue weighted by atomic mass is 35.5. The predicted molar refractivity (Wildman–Crippen MR) is 174 cm³/mol. The highest BCUT2D eigenvalue weighted by molar-refractivity contribution is 6.77. The fourth-order valence-electron chi connectivity index (χ4n) is 7.44. The second-order valence-corrected chi connectivity index (χ2v) is 19.2. The first kappa shape index (κ1) is 31.3. The summed E-state index contributed by atoms with van der Waals surface area (Å²) in [7, 11) is -1.92. The van der Waals surface area contributed by atoms with Crippen LogP contribution in [0.1, 0.15) is 66.4 Å². The summed E-state index contributed by atoms with van der Waals surface area (Å²) in [6, 6.07) is 9.51. The Bertz CT molecular complexity index is 1390. The molecule has 0 spiro atoms. The summed E-state index contributed by atoms with van der Waals surface area (Å²) < 4.78 is 12.4. The normalized spacial score (nSPS) is 19.4. The van der Waals surface area contributed by atoms with Crippen molar-refractivity contribution in [2.75, 3.05) is 25.4 Å². The number of hydrogen-bond acceptors (Lipinski definition) is 6. The molecule has 1 atom stereocenters. The fraction of sp³-hybridized carbons (Fsp3) is 0.562. The molecule has 0 radical (unpaired) electrons. The van der Waals surface area contributed by atoms with Crippen LogP contribution in [0.15, 0.2) is 34.9 Å². The summed E-state index contributed by atoms with van der Waals surface area (Å²) in [6.07, 6.45) is 3.50. The van der Waals surface area contributed by atoms with Crippen LogP contribution in [0, 0.1) is 5.92 Å². The number of benzene rings is 2. The van der Waals surface area contributed by atoms with Gasteiger partial charge >= 0.3 is 0 Å². The van der Waals surface area contributed by atoms with Gasteiger partial charge in [0.1, 0.15) is 0 Å². The SMILES string of the molecule is CC(C)[Si](OC1CCN(N2CCC(Cc3c(Cl)cc(-c4ccc5c(N)noc5c4)cc3Cl)C2=O)CC1)(C(C)C)C(C)C. The second kappa shape index (κ2) is 12.5. The molecule has 228 valence electrons. The smallest absolute Gasteiger partial charge is 0.240 e. The minimum Gasteiger partial charge on any atom is -0.413 e. The minimum atomic E-state index is -1.92. The minimum absolute atomic E-state index is 0.142. The summed E-state index contributed by atoms with van der Waals surface area (Å²) >= 11 is 13.5. The van der Waals surface area contributed by atoms with E-state index in [1.165, 1.54) is 0 Å². The van der Waals surface area contributed by atoms with Gasteiger partial charge in [-0.25, -0.2) is 5.01 Å². The topological polar surface area (TPSA) is 84.8 Å². The Morgan fingerprint density at radius 3 is 2.17 bits per heavy atom. The van der Waals surface area contributed by atoms with Crippen LogP contribution in [0.25, 0.3) is 22.1 Å². The molecule has 1 unspecified atom stereocenters. The van der Waals surface area contributed by atoms with Crippen LogP contribution < -0.4 is 5.73 Å². The summed E-state index contributed by atoms with van der Waals surface area (Å²) in [4.78, 5) is 13.6. The zero-order valence-electron chi connectivity index (χ0n) is 25.6. The van der Waals surface area contributed by atoms with Crippen molar-refractivity contribution in [3.63, 3.8) is 0 Å². The van der Waals surface area contributed by atoms with Crippen LogP contribution in [0.4, 0.5) is 5.82 Å². The second-order valence-electron chi connectivity index (χ2n) is 12.9. The van der Waals surface area contributed by atoms with Gasteiger partial charge in [0.15, 0.2) is 11.4 Å². The van der Waals surface area contributed by atoms with Crippen molar-refractivity contribution in [2.24, 2.45) is 5.92 Å². The number of carbonyl (C=O) groups excluding carboxylic acids is 1. The molecule has 42 heavy (non-hydrogen) atoms. The molecule has 2 saturated heterocycles. The number of fused-ring (bicyclic) bond motifs is 1. The first-order chi connectivity index (χ1) is 19.9. The van der Waals surface area contributed by atoms with E-state index < -0.39 is 8.32 Å². The number of hydrazine groups is 1. The van der Waals surface area contributed by atoms with E-state index in [2.05, 4.69) is 51.7 Å². The molecule has 0 saturated carbocycles. The first-order valence-corrected chi connectivity index (χ1v) is 18.2. The maximum atomic E-state index is 13.6. The number of carbonyl (C=O) groups is 1. The van der Waals surface area contributed by atoms with E-state index in [0.29, 0.717) is 44.5 Å². The molecule has 0 bridgehead atoms. The van der Waals surface area contributed by atoms with Gasteiger partial charge in [-0.05, 0) is 83.3 Å². The van der Waals surface area contributed by atoms with Gasteiger partial charge in [-0.3, -0.25) is 9.80 Å². The van der Waals surface area contributed by atoms with Gasteiger partial charge in [-0.1, -0.05) is 76.0 Å². The average molecular weight is 632 g/mol. The lowest BCUT2D eigenvalue weighted by molar-refractivity contribution is -0.149. The molecule has 3 aromatic rings. The van der Waals surface area contributed by atoms with Gasteiger partial charge in [0.2, 0.25) is 14.2 Å². The Labute approximate surface area is 260 Å². The van der Waals surface area contributed by atoms with Crippen LogP contribution in [0.5, 0.6) is 0 Å². The molecule has 2 aliphatic rings. The van der Waals surface area contributed by atoms with Crippen molar-refractivity contribution >= 4 is 54.2 Å². The van der Waals surface area contributed by atoms with E-state index in [1.807, 2.05) is 35.3 Å². The Morgan fingerprint density at radius 1 is 0.952 bits per heavy atom. The lowest BCUT2D eigenvalue weighted by atomic mass is 9.95. The third kappa shape index (κ3) is 5.85. The summed E-state index contributed by atoms with van der Waals surface area (Å²) in [5.74, 6) is 0.383. The molecule has 2 aliphatic heterocycles. The maximum absolute atomic E-state index is 13.6. The number of nitrogens with two attached hydrogens (primary N) is 1. The first-order valence-electron chi connectivity index (χ1n) is 15.3. The van der Waals surface area contributed by atoms with E-state index in [1.54, 1.807) is 0 Å². The highest BCUT2D eigenvalue weighted by Crippen LogP contribution is 2.44. The molecule has 2 fully saturated rings. The number of hydrogen-bond donors (Lipinski definition) is 1. The highest BCUT2D eigenvalue weighted by Gasteiger charge is 2.47. The van der Waals surface area contributed by atoms with Crippen LogP contribution in [0.3, 0.4) is 0 Å². The average Bonchev–Trinajstić information content (AvgIpc) is 3.50. The van der Waals surface area contributed by atoms with E-state index in [-0.39, 0.29) is 17.9 Å². The number of halogens is 2. The van der Waals surface area contributed by atoms with Crippen LogP contribution in [-0.4, -0.2) is 55.1 Å². The Hall–Kier alpha value is -2.10. The molecule has 2 N–H and O–H groups in total. The number of piperidine rings is 1. The van der Waals surface area contributed by atoms with E-state index >= 15 is 0 Å². The van der Waals surface area contributed by atoms with Crippen molar-refractivity contribution in [1.29, 1.82) is 0 Å².